The average molecular weight is 441 g/mol. The molecule has 0 spiro atoms. The standard InChI is InChI=1S/C17H17ClN4O6S/c1-10(23)20-14-8-7-13(9-15(14)21-16(19)22-17(24)27-2)29(25,26)28-12-5-3-11(18)4-6-12/h3-9H,1-2H3,(H,20,23)(H3,19,21,22,24). The molecule has 29 heavy (non-hydrogen) atoms. The molecule has 2 rings (SSSR count). The van der Waals surface area contributed by atoms with E-state index in [1.165, 1.54) is 43.3 Å². The molecule has 0 aliphatic rings. The second kappa shape index (κ2) is 9.26. The van der Waals surface area contributed by atoms with Crippen LogP contribution in [0.2, 0.25) is 5.02 Å². The molecule has 2 aromatic carbocycles. The molecule has 0 aromatic heterocycles. The van der Waals surface area contributed by atoms with Crippen molar-refractivity contribution in [1.82, 2.24) is 5.32 Å². The molecule has 0 fully saturated rings. The minimum absolute atomic E-state index is 0.0300. The Morgan fingerprint density at radius 2 is 1.69 bits per heavy atom. The van der Waals surface area contributed by atoms with Gasteiger partial charge in [-0.2, -0.15) is 8.42 Å². The summed E-state index contributed by atoms with van der Waals surface area (Å²) in [6.45, 7) is 1.26. The Balaban J connectivity index is 2.34. The normalized spacial score (nSPS) is 10.6. The van der Waals surface area contributed by atoms with Gasteiger partial charge in [0.25, 0.3) is 0 Å². The van der Waals surface area contributed by atoms with Gasteiger partial charge in [-0.1, -0.05) is 11.6 Å². The third-order valence-corrected chi connectivity index (χ3v) is 4.78. The molecule has 2 aromatic rings. The van der Waals surface area contributed by atoms with Gasteiger partial charge in [0.1, 0.15) is 10.6 Å². The van der Waals surface area contributed by atoms with E-state index in [0.717, 1.165) is 13.2 Å². The second-order valence-corrected chi connectivity index (χ2v) is 7.48. The molecule has 0 aliphatic carbocycles. The average Bonchev–Trinajstić information content (AvgIpc) is 2.64. The molecule has 154 valence electrons. The zero-order chi connectivity index (χ0) is 21.6. The number of ether oxygens (including phenoxy) is 1. The Hall–Kier alpha value is -3.31. The van der Waals surface area contributed by atoms with Crippen molar-refractivity contribution in [1.29, 1.82) is 5.41 Å². The lowest BCUT2D eigenvalue weighted by Gasteiger charge is -2.15. The van der Waals surface area contributed by atoms with E-state index in [0.29, 0.717) is 5.02 Å². The SMILES string of the molecule is COC(=O)NC(=N)Nc1cc(S(=O)(=O)Oc2ccc(Cl)cc2)ccc1NC(C)=O. The molecule has 0 aliphatic heterocycles. The Bertz CT molecular complexity index is 1040. The lowest BCUT2D eigenvalue weighted by Crippen LogP contribution is -2.35. The second-order valence-electron chi connectivity index (χ2n) is 5.50. The molecule has 12 heteroatoms. The smallest absolute Gasteiger partial charge is 0.413 e. The van der Waals surface area contributed by atoms with Crippen molar-refractivity contribution in [2.75, 3.05) is 17.7 Å². The fourth-order valence-corrected chi connectivity index (χ4v) is 3.15. The molecule has 0 heterocycles. The molecule has 0 bridgehead atoms. The van der Waals surface area contributed by atoms with Crippen LogP contribution in [0, 0.1) is 5.41 Å². The summed E-state index contributed by atoms with van der Waals surface area (Å²) in [6.07, 6.45) is -0.904. The van der Waals surface area contributed by atoms with E-state index in [1.807, 2.05) is 0 Å². The summed E-state index contributed by atoms with van der Waals surface area (Å²) in [4.78, 5) is 22.4. The van der Waals surface area contributed by atoms with Gasteiger partial charge >= 0.3 is 16.2 Å². The van der Waals surface area contributed by atoms with E-state index in [2.05, 4.69) is 20.7 Å². The van der Waals surface area contributed by atoms with Crippen LogP contribution in [-0.2, 0) is 19.6 Å². The molecule has 2 amide bonds. The predicted molar refractivity (Wildman–Crippen MR) is 107 cm³/mol. The summed E-state index contributed by atoms with van der Waals surface area (Å²) in [5.41, 5.74) is 0.210. The van der Waals surface area contributed by atoms with Crippen LogP contribution < -0.4 is 20.1 Å². The van der Waals surface area contributed by atoms with Crippen molar-refractivity contribution in [2.45, 2.75) is 11.8 Å². The number of halogens is 1. The molecule has 4 N–H and O–H groups in total. The monoisotopic (exact) mass is 440 g/mol. The quantitative estimate of drug-likeness (QED) is 0.317. The van der Waals surface area contributed by atoms with Crippen LogP contribution >= 0.6 is 11.6 Å². The highest BCUT2D eigenvalue weighted by Crippen LogP contribution is 2.28. The zero-order valence-electron chi connectivity index (χ0n) is 15.3. The van der Waals surface area contributed by atoms with Crippen LogP contribution in [0.3, 0.4) is 0 Å². The molecule has 0 radical (unpaired) electrons. The zero-order valence-corrected chi connectivity index (χ0v) is 16.8. The predicted octanol–water partition coefficient (Wildman–Crippen LogP) is 2.77. The van der Waals surface area contributed by atoms with E-state index in [9.17, 15) is 18.0 Å². The highest BCUT2D eigenvalue weighted by Gasteiger charge is 2.20. The third kappa shape index (κ3) is 6.36. The molecular weight excluding hydrogens is 424 g/mol. The largest absolute Gasteiger partial charge is 0.453 e. The van der Waals surface area contributed by atoms with E-state index in [1.54, 1.807) is 0 Å². The fourth-order valence-electron chi connectivity index (χ4n) is 2.06. The van der Waals surface area contributed by atoms with Crippen LogP contribution in [-0.4, -0.2) is 33.5 Å². The first-order valence-electron chi connectivity index (χ1n) is 7.93. The van der Waals surface area contributed by atoms with Gasteiger partial charge in [-0.3, -0.25) is 15.5 Å². The Morgan fingerprint density at radius 1 is 1.03 bits per heavy atom. The van der Waals surface area contributed by atoms with Crippen molar-refractivity contribution in [3.8, 4) is 5.75 Å². The topological polar surface area (TPSA) is 147 Å². The van der Waals surface area contributed by atoms with Gasteiger partial charge in [0, 0.05) is 11.9 Å². The first kappa shape index (κ1) is 22.0. The molecule has 10 nitrogen and oxygen atoms in total. The summed E-state index contributed by atoms with van der Waals surface area (Å²) < 4.78 is 34.6. The maximum Gasteiger partial charge on any atom is 0.413 e. The van der Waals surface area contributed by atoms with Gasteiger partial charge in [-0.15, -0.1) is 0 Å². The van der Waals surface area contributed by atoms with Crippen molar-refractivity contribution in [3.05, 3.63) is 47.5 Å². The minimum atomic E-state index is -4.24. The number of alkyl carbamates (subject to hydrolysis) is 1. The maximum atomic E-state index is 12.6. The first-order chi connectivity index (χ1) is 13.6. The molecule has 0 atom stereocenters. The number of guanidine groups is 1. The fraction of sp³-hybridized carbons (Fsp3) is 0.118. The summed E-state index contributed by atoms with van der Waals surface area (Å²) in [7, 11) is -3.12. The maximum absolute atomic E-state index is 12.6. The van der Waals surface area contributed by atoms with Crippen LogP contribution in [0.1, 0.15) is 6.92 Å². The lowest BCUT2D eigenvalue weighted by atomic mass is 10.2. The summed E-state index contributed by atoms with van der Waals surface area (Å²) >= 11 is 5.77. The number of hydrogen-bond acceptors (Lipinski definition) is 7. The van der Waals surface area contributed by atoms with E-state index < -0.39 is 28.1 Å². The van der Waals surface area contributed by atoms with Gasteiger partial charge in [0.15, 0.2) is 0 Å². The molecule has 0 saturated carbocycles. The summed E-state index contributed by atoms with van der Waals surface area (Å²) in [5, 5.41) is 15.2. The molecule has 0 unspecified atom stereocenters. The number of rotatable bonds is 5. The van der Waals surface area contributed by atoms with Crippen molar-refractivity contribution < 1.29 is 26.9 Å². The highest BCUT2D eigenvalue weighted by molar-refractivity contribution is 7.87. The Morgan fingerprint density at radius 3 is 2.28 bits per heavy atom. The Kier molecular flexibility index (Phi) is 7.02. The van der Waals surface area contributed by atoms with E-state index in [4.69, 9.17) is 21.2 Å². The first-order valence-corrected chi connectivity index (χ1v) is 9.71. The highest BCUT2D eigenvalue weighted by atomic mass is 35.5. The third-order valence-electron chi connectivity index (χ3n) is 3.28. The molecular formula is C17H17ClN4O6S. The number of carbonyl (C=O) groups excluding carboxylic acids is 2. The van der Waals surface area contributed by atoms with Gasteiger partial charge in [-0.25, -0.2) is 4.79 Å². The number of nitrogens with one attached hydrogen (secondary N) is 4. The van der Waals surface area contributed by atoms with Crippen LogP contribution in [0.25, 0.3) is 0 Å². The summed E-state index contributed by atoms with van der Waals surface area (Å²) in [5.74, 6) is -0.875. The van der Waals surface area contributed by atoms with Crippen molar-refractivity contribution >= 4 is 51.1 Å². The molecule has 0 saturated heterocycles. The number of carbonyl (C=O) groups is 2. The van der Waals surface area contributed by atoms with Crippen LogP contribution in [0.4, 0.5) is 16.2 Å². The number of hydrogen-bond donors (Lipinski definition) is 4. The van der Waals surface area contributed by atoms with Gasteiger partial charge < -0.3 is 19.6 Å². The van der Waals surface area contributed by atoms with Gasteiger partial charge in [0.05, 0.1) is 18.5 Å². The van der Waals surface area contributed by atoms with Crippen molar-refractivity contribution in [3.63, 3.8) is 0 Å². The number of benzene rings is 2. The summed E-state index contributed by atoms with van der Waals surface area (Å²) in [6, 6.07) is 9.40. The van der Waals surface area contributed by atoms with Gasteiger partial charge in [0.2, 0.25) is 11.9 Å². The van der Waals surface area contributed by atoms with Crippen LogP contribution in [0.15, 0.2) is 47.4 Å². The van der Waals surface area contributed by atoms with E-state index >= 15 is 0 Å². The van der Waals surface area contributed by atoms with E-state index in [-0.39, 0.29) is 22.0 Å². The minimum Gasteiger partial charge on any atom is -0.453 e. The van der Waals surface area contributed by atoms with Crippen molar-refractivity contribution in [2.24, 2.45) is 0 Å². The number of methoxy groups -OCH3 is 1. The van der Waals surface area contributed by atoms with Gasteiger partial charge in [-0.05, 0) is 42.5 Å². The Labute approximate surface area is 171 Å². The number of anilines is 2. The van der Waals surface area contributed by atoms with Crippen LogP contribution in [0.5, 0.6) is 5.75 Å². The lowest BCUT2D eigenvalue weighted by molar-refractivity contribution is -0.114. The number of amides is 2.